The molecule has 0 unspecified atom stereocenters. The van der Waals surface area contributed by atoms with Crippen LogP contribution in [-0.2, 0) is 0 Å². The van der Waals surface area contributed by atoms with E-state index >= 15 is 0 Å². The largest absolute Gasteiger partial charge is 0.289 e. The van der Waals surface area contributed by atoms with Gasteiger partial charge in [0.2, 0.25) is 0 Å². The van der Waals surface area contributed by atoms with Gasteiger partial charge in [0, 0.05) is 10.5 Å². The molecule has 2 heteroatoms. The zero-order valence-corrected chi connectivity index (χ0v) is 13.1. The van der Waals surface area contributed by atoms with Crippen LogP contribution in [0.2, 0.25) is 0 Å². The molecule has 0 spiro atoms. The Morgan fingerprint density at radius 2 is 1.76 bits per heavy atom. The molecule has 0 saturated carbocycles. The molecule has 0 heterocycles. The highest BCUT2D eigenvalue weighted by Crippen LogP contribution is 2.20. The normalized spacial score (nSPS) is 10.9. The van der Waals surface area contributed by atoms with Crippen LogP contribution in [0.3, 0.4) is 0 Å². The first-order valence-corrected chi connectivity index (χ1v) is 8.28. The highest BCUT2D eigenvalue weighted by molar-refractivity contribution is 7.99. The van der Waals surface area contributed by atoms with Crippen LogP contribution in [0.1, 0.15) is 35.7 Å². The number of benzene rings is 2. The minimum absolute atomic E-state index is 0.0389. The molecule has 2 aromatic rings. The third-order valence-electron chi connectivity index (χ3n) is 3.13. The zero-order valence-electron chi connectivity index (χ0n) is 12.3. The summed E-state index contributed by atoms with van der Waals surface area (Å²) in [5.74, 6) is 1.20. The predicted molar refractivity (Wildman–Crippen MR) is 91.9 cm³/mol. The fourth-order valence-corrected chi connectivity index (χ4v) is 2.88. The molecule has 0 N–H and O–H groups in total. The van der Waals surface area contributed by atoms with Gasteiger partial charge in [-0.15, -0.1) is 11.8 Å². The number of allylic oxidation sites excluding steroid dienone is 1. The molecule has 0 fully saturated rings. The second-order valence-electron chi connectivity index (χ2n) is 4.83. The number of carbonyl (C=O) groups excluding carboxylic acids is 1. The van der Waals surface area contributed by atoms with E-state index in [1.54, 1.807) is 6.08 Å². The molecular formula is C19H20OS. The third kappa shape index (κ3) is 5.24. The summed E-state index contributed by atoms with van der Waals surface area (Å²) >= 11 is 1.88. The summed E-state index contributed by atoms with van der Waals surface area (Å²) < 4.78 is 0. The van der Waals surface area contributed by atoms with Crippen molar-refractivity contribution in [1.29, 1.82) is 0 Å². The Morgan fingerprint density at radius 3 is 2.43 bits per heavy atom. The lowest BCUT2D eigenvalue weighted by Gasteiger charge is -2.01. The second-order valence-corrected chi connectivity index (χ2v) is 6.00. The highest BCUT2D eigenvalue weighted by Gasteiger charge is 1.99. The Morgan fingerprint density at radius 1 is 1.05 bits per heavy atom. The summed E-state index contributed by atoms with van der Waals surface area (Å²) in [6.45, 7) is 2.21. The molecule has 2 rings (SSSR count). The van der Waals surface area contributed by atoms with Crippen molar-refractivity contribution in [2.45, 2.75) is 24.7 Å². The van der Waals surface area contributed by atoms with E-state index in [1.165, 1.54) is 17.7 Å². The SMILES string of the molecule is CCCCSc1ccc(C=CC(=O)c2ccccc2)cc1. The molecule has 108 valence electrons. The van der Waals surface area contributed by atoms with Gasteiger partial charge in [-0.2, -0.15) is 0 Å². The lowest BCUT2D eigenvalue weighted by molar-refractivity contribution is 0.104. The lowest BCUT2D eigenvalue weighted by Crippen LogP contribution is -1.92. The second kappa shape index (κ2) is 8.48. The first-order valence-electron chi connectivity index (χ1n) is 7.30. The maximum atomic E-state index is 12.0. The Bertz CT molecular complexity index is 585. The molecule has 0 aliphatic rings. The van der Waals surface area contributed by atoms with Crippen molar-refractivity contribution in [3.05, 3.63) is 71.8 Å². The van der Waals surface area contributed by atoms with E-state index in [0.29, 0.717) is 0 Å². The van der Waals surface area contributed by atoms with Gasteiger partial charge in [-0.1, -0.05) is 61.9 Å². The average Bonchev–Trinajstić information content (AvgIpc) is 2.55. The smallest absolute Gasteiger partial charge is 0.185 e. The number of ketones is 1. The summed E-state index contributed by atoms with van der Waals surface area (Å²) in [4.78, 5) is 13.3. The quantitative estimate of drug-likeness (QED) is 0.291. The maximum absolute atomic E-state index is 12.0. The van der Waals surface area contributed by atoms with Crippen LogP contribution >= 0.6 is 11.8 Å². The standard InChI is InChI=1S/C19H20OS/c1-2-3-15-21-18-12-9-16(10-13-18)11-14-19(20)17-7-5-4-6-8-17/h4-14H,2-3,15H2,1H3. The van der Waals surface area contributed by atoms with E-state index in [0.717, 1.165) is 16.9 Å². The predicted octanol–water partition coefficient (Wildman–Crippen LogP) is 5.47. The van der Waals surface area contributed by atoms with Crippen LogP contribution in [0.5, 0.6) is 0 Å². The molecule has 0 aliphatic carbocycles. The summed E-state index contributed by atoms with van der Waals surface area (Å²) in [5, 5.41) is 0. The van der Waals surface area contributed by atoms with Crippen LogP contribution in [0, 0.1) is 0 Å². The van der Waals surface area contributed by atoms with Gasteiger partial charge in [0.05, 0.1) is 0 Å². The van der Waals surface area contributed by atoms with Gasteiger partial charge in [-0.05, 0) is 35.9 Å². The molecule has 0 aliphatic heterocycles. The number of hydrogen-bond acceptors (Lipinski definition) is 2. The number of thioether (sulfide) groups is 1. The van der Waals surface area contributed by atoms with Gasteiger partial charge >= 0.3 is 0 Å². The van der Waals surface area contributed by atoms with E-state index in [1.807, 2.05) is 48.2 Å². The van der Waals surface area contributed by atoms with Crippen molar-refractivity contribution in [3.8, 4) is 0 Å². The Labute approximate surface area is 131 Å². The Balaban J connectivity index is 1.93. The molecule has 0 amide bonds. The molecule has 21 heavy (non-hydrogen) atoms. The molecule has 0 radical (unpaired) electrons. The molecular weight excluding hydrogens is 276 g/mol. The minimum Gasteiger partial charge on any atom is -0.289 e. The van der Waals surface area contributed by atoms with Gasteiger partial charge in [0.25, 0.3) is 0 Å². The molecule has 0 saturated heterocycles. The van der Waals surface area contributed by atoms with Gasteiger partial charge < -0.3 is 0 Å². The fraction of sp³-hybridized carbons (Fsp3) is 0.211. The summed E-state index contributed by atoms with van der Waals surface area (Å²) in [6.07, 6.45) is 5.98. The van der Waals surface area contributed by atoms with Crippen LogP contribution < -0.4 is 0 Å². The van der Waals surface area contributed by atoms with Crippen molar-refractivity contribution < 1.29 is 4.79 Å². The van der Waals surface area contributed by atoms with Crippen LogP contribution in [0.25, 0.3) is 6.08 Å². The van der Waals surface area contributed by atoms with Gasteiger partial charge in [-0.25, -0.2) is 0 Å². The van der Waals surface area contributed by atoms with E-state index in [-0.39, 0.29) is 5.78 Å². The van der Waals surface area contributed by atoms with Gasteiger partial charge in [0.1, 0.15) is 0 Å². The zero-order chi connectivity index (χ0) is 14.9. The first-order chi connectivity index (χ1) is 10.3. The number of unbranched alkanes of at least 4 members (excludes halogenated alkanes) is 1. The Kier molecular flexibility index (Phi) is 6.29. The van der Waals surface area contributed by atoms with Crippen molar-refractivity contribution in [2.24, 2.45) is 0 Å². The lowest BCUT2D eigenvalue weighted by atomic mass is 10.1. The van der Waals surface area contributed by atoms with E-state index in [4.69, 9.17) is 0 Å². The van der Waals surface area contributed by atoms with Crippen LogP contribution in [0.4, 0.5) is 0 Å². The molecule has 1 nitrogen and oxygen atoms in total. The average molecular weight is 296 g/mol. The molecule has 0 aromatic heterocycles. The Hall–Kier alpha value is -1.80. The highest BCUT2D eigenvalue weighted by atomic mass is 32.2. The summed E-state index contributed by atoms with van der Waals surface area (Å²) in [7, 11) is 0. The number of carbonyl (C=O) groups is 1. The monoisotopic (exact) mass is 296 g/mol. The van der Waals surface area contributed by atoms with E-state index in [9.17, 15) is 4.79 Å². The van der Waals surface area contributed by atoms with Crippen molar-refractivity contribution in [2.75, 3.05) is 5.75 Å². The van der Waals surface area contributed by atoms with Gasteiger partial charge in [-0.3, -0.25) is 4.79 Å². The van der Waals surface area contributed by atoms with Crippen LogP contribution in [-0.4, -0.2) is 11.5 Å². The third-order valence-corrected chi connectivity index (χ3v) is 4.23. The molecule has 0 bridgehead atoms. The molecule has 0 atom stereocenters. The topological polar surface area (TPSA) is 17.1 Å². The number of rotatable bonds is 7. The van der Waals surface area contributed by atoms with E-state index in [2.05, 4.69) is 31.2 Å². The fourth-order valence-electron chi connectivity index (χ4n) is 1.88. The van der Waals surface area contributed by atoms with Crippen molar-refractivity contribution in [1.82, 2.24) is 0 Å². The van der Waals surface area contributed by atoms with E-state index < -0.39 is 0 Å². The first kappa shape index (κ1) is 15.6. The minimum atomic E-state index is 0.0389. The summed E-state index contributed by atoms with van der Waals surface area (Å²) in [5.41, 5.74) is 1.78. The number of hydrogen-bond donors (Lipinski definition) is 0. The van der Waals surface area contributed by atoms with Crippen LogP contribution in [0.15, 0.2) is 65.6 Å². The van der Waals surface area contributed by atoms with Crippen molar-refractivity contribution >= 4 is 23.6 Å². The van der Waals surface area contributed by atoms with Gasteiger partial charge in [0.15, 0.2) is 5.78 Å². The summed E-state index contributed by atoms with van der Waals surface area (Å²) in [6, 6.07) is 17.7. The molecule has 2 aromatic carbocycles. The maximum Gasteiger partial charge on any atom is 0.185 e. The van der Waals surface area contributed by atoms with Crippen molar-refractivity contribution in [3.63, 3.8) is 0 Å².